The maximum atomic E-state index is 12.8. The van der Waals surface area contributed by atoms with E-state index in [2.05, 4.69) is 10.2 Å². The van der Waals surface area contributed by atoms with Crippen molar-refractivity contribution in [3.63, 3.8) is 0 Å². The van der Waals surface area contributed by atoms with Crippen LogP contribution in [0.2, 0.25) is 0 Å². The summed E-state index contributed by atoms with van der Waals surface area (Å²) in [6.45, 7) is 4.58. The van der Waals surface area contributed by atoms with Crippen LogP contribution < -0.4 is 0 Å². The van der Waals surface area contributed by atoms with Gasteiger partial charge in [0.15, 0.2) is 0 Å². The second kappa shape index (κ2) is 6.44. The normalized spacial score (nSPS) is 19.5. The summed E-state index contributed by atoms with van der Waals surface area (Å²) in [5, 5.41) is 17.7. The summed E-state index contributed by atoms with van der Waals surface area (Å²) in [6.07, 6.45) is 0.627. The zero-order chi connectivity index (χ0) is 18.3. The summed E-state index contributed by atoms with van der Waals surface area (Å²) in [5.41, 5.74) is 0.467. The molecule has 8 heteroatoms. The number of hydrogen-bond acceptors (Lipinski definition) is 5. The Morgan fingerprint density at radius 2 is 1.85 bits per heavy atom. The summed E-state index contributed by atoms with van der Waals surface area (Å²) < 4.78 is 2.00. The summed E-state index contributed by atoms with van der Waals surface area (Å²) in [7, 11) is 0. The molecule has 1 aromatic heterocycles. The van der Waals surface area contributed by atoms with Gasteiger partial charge in [0.1, 0.15) is 17.4 Å². The van der Waals surface area contributed by atoms with Gasteiger partial charge in [-0.3, -0.25) is 9.59 Å². The van der Waals surface area contributed by atoms with Crippen molar-refractivity contribution in [2.75, 3.05) is 26.2 Å². The Bertz CT molecular complexity index is 854. The number of amides is 2. The molecule has 2 aliphatic rings. The Hall–Kier alpha value is -2.90. The Labute approximate surface area is 151 Å². The maximum absolute atomic E-state index is 12.8. The number of nitrogens with zero attached hydrogens (tertiary/aromatic N) is 5. The van der Waals surface area contributed by atoms with E-state index >= 15 is 0 Å². The highest BCUT2D eigenvalue weighted by Gasteiger charge is 2.34. The molecule has 1 N–H and O–H groups in total. The first-order valence-corrected chi connectivity index (χ1v) is 8.78. The van der Waals surface area contributed by atoms with Crippen molar-refractivity contribution < 1.29 is 14.7 Å². The monoisotopic (exact) mass is 355 g/mol. The van der Waals surface area contributed by atoms with E-state index in [1.54, 1.807) is 17.0 Å². The van der Waals surface area contributed by atoms with E-state index < -0.39 is 0 Å². The molecule has 0 spiro atoms. The first-order chi connectivity index (χ1) is 12.5. The van der Waals surface area contributed by atoms with Crippen molar-refractivity contribution in [1.29, 1.82) is 0 Å². The molecule has 8 nitrogen and oxygen atoms in total. The molecule has 0 radical (unpaired) electrons. The van der Waals surface area contributed by atoms with Crippen LogP contribution in [-0.4, -0.2) is 67.7 Å². The minimum atomic E-state index is -0.115. The van der Waals surface area contributed by atoms with Gasteiger partial charge in [0.2, 0.25) is 5.91 Å². The number of hydrogen-bond donors (Lipinski definition) is 1. The number of phenols is 1. The summed E-state index contributed by atoms with van der Waals surface area (Å²) in [4.78, 5) is 28.9. The van der Waals surface area contributed by atoms with Crippen LogP contribution in [0.3, 0.4) is 0 Å². The minimum Gasteiger partial charge on any atom is -0.508 e. The largest absolute Gasteiger partial charge is 0.508 e. The van der Waals surface area contributed by atoms with Crippen LogP contribution in [0.25, 0.3) is 0 Å². The second-order valence-corrected chi connectivity index (χ2v) is 6.84. The molecular formula is C18H21N5O3. The Morgan fingerprint density at radius 3 is 2.54 bits per heavy atom. The standard InChI is InChI=1S/C18H21N5O3/c1-12-19-20-16-10-14(11-23(12)16)18(26)22-7-5-21(6-8-22)17(25)13-3-2-4-15(24)9-13/h2-4,9,14,24H,5-8,10-11H2,1H3. The fourth-order valence-electron chi connectivity index (χ4n) is 3.69. The molecule has 2 aliphatic heterocycles. The van der Waals surface area contributed by atoms with E-state index in [9.17, 15) is 14.7 Å². The van der Waals surface area contributed by atoms with Gasteiger partial charge in [-0.1, -0.05) is 6.07 Å². The van der Waals surface area contributed by atoms with E-state index in [1.165, 1.54) is 12.1 Å². The first kappa shape index (κ1) is 16.6. The number of rotatable bonds is 2. The van der Waals surface area contributed by atoms with Crippen molar-refractivity contribution >= 4 is 11.8 Å². The van der Waals surface area contributed by atoms with E-state index in [0.29, 0.717) is 44.7 Å². The Kier molecular flexibility index (Phi) is 4.10. The molecule has 3 heterocycles. The highest BCUT2D eigenvalue weighted by Crippen LogP contribution is 2.23. The Balaban J connectivity index is 1.35. The summed E-state index contributed by atoms with van der Waals surface area (Å²) >= 11 is 0. The number of aromatic nitrogens is 3. The van der Waals surface area contributed by atoms with Crippen molar-refractivity contribution in [2.24, 2.45) is 5.92 Å². The molecule has 0 aliphatic carbocycles. The fraction of sp³-hybridized carbons (Fsp3) is 0.444. The van der Waals surface area contributed by atoms with Crippen LogP contribution >= 0.6 is 0 Å². The minimum absolute atomic E-state index is 0.0770. The smallest absolute Gasteiger partial charge is 0.254 e. The number of benzene rings is 1. The molecule has 1 unspecified atom stereocenters. The number of aryl methyl sites for hydroxylation is 1. The molecule has 1 aromatic carbocycles. The Morgan fingerprint density at radius 1 is 1.12 bits per heavy atom. The van der Waals surface area contributed by atoms with E-state index in [0.717, 1.165) is 11.6 Å². The van der Waals surface area contributed by atoms with Gasteiger partial charge >= 0.3 is 0 Å². The molecular weight excluding hydrogens is 334 g/mol. The lowest BCUT2D eigenvalue weighted by Crippen LogP contribution is -2.52. The third-order valence-electron chi connectivity index (χ3n) is 5.17. The predicted octanol–water partition coefficient (Wildman–Crippen LogP) is 0.449. The third-order valence-corrected chi connectivity index (χ3v) is 5.17. The van der Waals surface area contributed by atoms with Crippen LogP contribution in [0.4, 0.5) is 0 Å². The quantitative estimate of drug-likeness (QED) is 0.844. The van der Waals surface area contributed by atoms with Crippen molar-refractivity contribution in [1.82, 2.24) is 24.6 Å². The molecule has 0 bridgehead atoms. The zero-order valence-electron chi connectivity index (χ0n) is 14.6. The molecule has 0 saturated carbocycles. The molecule has 136 valence electrons. The van der Waals surface area contributed by atoms with E-state index in [-0.39, 0.29) is 23.5 Å². The van der Waals surface area contributed by atoms with Crippen LogP contribution in [0.1, 0.15) is 22.0 Å². The number of phenolic OH excluding ortho intramolecular Hbond substituents is 1. The highest BCUT2D eigenvalue weighted by molar-refractivity contribution is 5.94. The van der Waals surface area contributed by atoms with Crippen LogP contribution in [0.5, 0.6) is 5.75 Å². The lowest BCUT2D eigenvalue weighted by Gasteiger charge is -2.36. The number of aromatic hydroxyl groups is 1. The molecule has 26 heavy (non-hydrogen) atoms. The van der Waals surface area contributed by atoms with Gasteiger partial charge in [-0.25, -0.2) is 0 Å². The summed E-state index contributed by atoms with van der Waals surface area (Å²) in [5.74, 6) is 1.71. The van der Waals surface area contributed by atoms with Gasteiger partial charge in [0.25, 0.3) is 5.91 Å². The molecule has 2 aromatic rings. The van der Waals surface area contributed by atoms with Gasteiger partial charge < -0.3 is 19.5 Å². The maximum Gasteiger partial charge on any atom is 0.254 e. The van der Waals surface area contributed by atoms with Crippen LogP contribution in [-0.2, 0) is 17.8 Å². The van der Waals surface area contributed by atoms with Crippen molar-refractivity contribution in [2.45, 2.75) is 19.9 Å². The van der Waals surface area contributed by atoms with Gasteiger partial charge in [0, 0.05) is 44.7 Å². The first-order valence-electron chi connectivity index (χ1n) is 8.78. The molecule has 1 saturated heterocycles. The average molecular weight is 355 g/mol. The highest BCUT2D eigenvalue weighted by atomic mass is 16.3. The van der Waals surface area contributed by atoms with Crippen molar-refractivity contribution in [3.05, 3.63) is 41.5 Å². The van der Waals surface area contributed by atoms with Crippen LogP contribution in [0, 0.1) is 12.8 Å². The van der Waals surface area contributed by atoms with E-state index in [1.807, 2.05) is 16.4 Å². The van der Waals surface area contributed by atoms with Crippen LogP contribution in [0.15, 0.2) is 24.3 Å². The van der Waals surface area contributed by atoms with E-state index in [4.69, 9.17) is 0 Å². The van der Waals surface area contributed by atoms with Gasteiger partial charge in [0.05, 0.1) is 5.92 Å². The molecule has 2 amide bonds. The topological polar surface area (TPSA) is 91.6 Å². The van der Waals surface area contributed by atoms with Gasteiger partial charge in [-0.05, 0) is 25.1 Å². The molecule has 1 atom stereocenters. The SMILES string of the molecule is Cc1nnc2n1CC(C(=O)N1CCN(C(=O)c3cccc(O)c3)CC1)C2. The van der Waals surface area contributed by atoms with Gasteiger partial charge in [-0.15, -0.1) is 10.2 Å². The number of fused-ring (bicyclic) bond motifs is 1. The average Bonchev–Trinajstić information content (AvgIpc) is 3.23. The molecule has 4 rings (SSSR count). The van der Waals surface area contributed by atoms with Gasteiger partial charge in [-0.2, -0.15) is 0 Å². The zero-order valence-corrected chi connectivity index (χ0v) is 14.6. The van der Waals surface area contributed by atoms with Crippen molar-refractivity contribution in [3.8, 4) is 5.75 Å². The second-order valence-electron chi connectivity index (χ2n) is 6.84. The lowest BCUT2D eigenvalue weighted by molar-refractivity contribution is -0.137. The predicted molar refractivity (Wildman–Crippen MR) is 92.5 cm³/mol. The number of carbonyl (C=O) groups excluding carboxylic acids is 2. The fourth-order valence-corrected chi connectivity index (χ4v) is 3.69. The lowest BCUT2D eigenvalue weighted by atomic mass is 10.1. The number of piperazine rings is 1. The summed E-state index contributed by atoms with van der Waals surface area (Å²) in [6, 6.07) is 6.35. The molecule has 1 fully saturated rings. The third kappa shape index (κ3) is 2.91. The number of carbonyl (C=O) groups is 2.